The van der Waals surface area contributed by atoms with Crippen LogP contribution in [0.15, 0.2) is 102 Å². The topological polar surface area (TPSA) is 105 Å². The zero-order valence-corrected chi connectivity index (χ0v) is 25.1. The molecular formula is C35H32N2O6S. The van der Waals surface area contributed by atoms with Crippen molar-refractivity contribution in [3.8, 4) is 0 Å². The minimum absolute atomic E-state index is 0.00926. The van der Waals surface area contributed by atoms with Crippen molar-refractivity contribution in [2.45, 2.75) is 43.8 Å². The van der Waals surface area contributed by atoms with Crippen LogP contribution < -0.4 is 10.2 Å². The molecule has 8 nitrogen and oxygen atoms in total. The van der Waals surface area contributed by atoms with Gasteiger partial charge in [0.15, 0.2) is 6.29 Å². The number of aliphatic hydroxyl groups is 1. The van der Waals surface area contributed by atoms with E-state index in [0.29, 0.717) is 22.6 Å². The lowest BCUT2D eigenvalue weighted by molar-refractivity contribution is -0.268. The molecule has 4 unspecified atom stereocenters. The van der Waals surface area contributed by atoms with Crippen molar-refractivity contribution in [2.75, 3.05) is 16.0 Å². The summed E-state index contributed by atoms with van der Waals surface area (Å²) < 4.78 is 13.1. The lowest BCUT2D eigenvalue weighted by Gasteiger charge is -2.41. The molecule has 4 aromatic carbocycles. The van der Waals surface area contributed by atoms with E-state index in [0.717, 1.165) is 27.3 Å². The average molecular weight is 609 g/mol. The normalized spacial score (nSPS) is 21.3. The smallest absolute Gasteiger partial charge is 0.266 e. The van der Waals surface area contributed by atoms with Gasteiger partial charge in [-0.05, 0) is 59.7 Å². The third-order valence-corrected chi connectivity index (χ3v) is 9.03. The molecule has 4 aromatic rings. The molecule has 9 heteroatoms. The lowest BCUT2D eigenvalue weighted by Crippen LogP contribution is -2.38. The monoisotopic (exact) mass is 608 g/mol. The average Bonchev–Trinajstić information content (AvgIpc) is 3.30. The van der Waals surface area contributed by atoms with Crippen LogP contribution in [0.5, 0.6) is 0 Å². The van der Waals surface area contributed by atoms with Crippen molar-refractivity contribution in [3.05, 3.63) is 125 Å². The van der Waals surface area contributed by atoms with Crippen LogP contribution in [0, 0.1) is 5.92 Å². The van der Waals surface area contributed by atoms with Crippen LogP contribution in [0.4, 0.5) is 11.4 Å². The van der Waals surface area contributed by atoms with E-state index in [4.69, 9.17) is 9.47 Å². The van der Waals surface area contributed by atoms with E-state index in [1.54, 1.807) is 48.2 Å². The molecule has 2 heterocycles. The quantitative estimate of drug-likeness (QED) is 0.173. The number of fused-ring (bicyclic) bond motifs is 1. The Kier molecular flexibility index (Phi) is 8.63. The molecule has 1 saturated heterocycles. The van der Waals surface area contributed by atoms with Crippen molar-refractivity contribution < 1.29 is 29.0 Å². The number of benzene rings is 4. The number of hydrogen-bond acceptors (Lipinski definition) is 7. The third kappa shape index (κ3) is 6.05. The molecule has 6 rings (SSSR count). The number of hydrogen-bond donors (Lipinski definition) is 2. The third-order valence-electron chi connectivity index (χ3n) is 7.93. The summed E-state index contributed by atoms with van der Waals surface area (Å²) in [5, 5.41) is 12.3. The molecule has 0 bridgehead atoms. The van der Waals surface area contributed by atoms with Gasteiger partial charge in [0.2, 0.25) is 5.91 Å². The van der Waals surface area contributed by atoms with E-state index in [2.05, 4.69) is 12.2 Å². The van der Waals surface area contributed by atoms with Crippen LogP contribution in [0.2, 0.25) is 0 Å². The van der Waals surface area contributed by atoms with Gasteiger partial charge in [-0.25, -0.2) is 4.90 Å². The molecule has 0 aliphatic carbocycles. The Hall–Kier alpha value is -4.28. The number of nitrogens with one attached hydrogen (secondary N) is 1. The standard InChI is InChI=1S/C35H32N2O6S/c1-21-31(20-44-28-17-13-26(14-18-28)36-22(2)39)42-35(43-32(21)24-9-7-23(19-38)8-10-24)25-11-15-27(16-12-25)37-33(40)29-5-3-4-6-30(29)34(37)41/h3-18,21,31-32,35,38H,19-20H2,1-2H3,(H,36,39). The zero-order chi connectivity index (χ0) is 30.8. The summed E-state index contributed by atoms with van der Waals surface area (Å²) in [5.41, 5.74) is 4.60. The molecular weight excluding hydrogens is 576 g/mol. The molecule has 0 spiro atoms. The summed E-state index contributed by atoms with van der Waals surface area (Å²) in [5.74, 6) is -0.124. The number of carbonyl (C=O) groups excluding carboxylic acids is 3. The SMILES string of the molecule is CC(=O)Nc1ccc(SCC2OC(c3ccc(N4C(=O)c5ccccc5C4=O)cc3)OC(c3ccc(CO)cc3)C2C)cc1. The van der Waals surface area contributed by atoms with Gasteiger partial charge in [-0.15, -0.1) is 11.8 Å². The predicted molar refractivity (Wildman–Crippen MR) is 168 cm³/mol. The molecule has 2 aliphatic rings. The van der Waals surface area contributed by atoms with Crippen LogP contribution >= 0.6 is 11.8 Å². The van der Waals surface area contributed by atoms with Crippen LogP contribution in [0.1, 0.15) is 63.6 Å². The fourth-order valence-electron chi connectivity index (χ4n) is 5.53. The first-order chi connectivity index (χ1) is 21.3. The first-order valence-electron chi connectivity index (χ1n) is 14.4. The highest BCUT2D eigenvalue weighted by Gasteiger charge is 2.39. The summed E-state index contributed by atoms with van der Waals surface area (Å²) in [4.78, 5) is 39.6. The number of rotatable bonds is 8. The van der Waals surface area contributed by atoms with Crippen LogP contribution in [-0.2, 0) is 20.9 Å². The van der Waals surface area contributed by atoms with E-state index in [-0.39, 0.29) is 42.5 Å². The number of anilines is 2. The largest absolute Gasteiger partial charge is 0.392 e. The van der Waals surface area contributed by atoms with Crippen molar-refractivity contribution >= 4 is 40.9 Å². The van der Waals surface area contributed by atoms with E-state index < -0.39 is 6.29 Å². The Labute approximate surface area is 260 Å². The molecule has 3 amide bonds. The summed E-state index contributed by atoms with van der Waals surface area (Å²) in [6.45, 7) is 3.55. The van der Waals surface area contributed by atoms with Crippen molar-refractivity contribution in [3.63, 3.8) is 0 Å². The van der Waals surface area contributed by atoms with Gasteiger partial charge in [-0.3, -0.25) is 14.4 Å². The number of ether oxygens (including phenoxy) is 2. The summed E-state index contributed by atoms with van der Waals surface area (Å²) >= 11 is 1.66. The molecule has 1 fully saturated rings. The van der Waals surface area contributed by atoms with Gasteiger partial charge in [0.25, 0.3) is 11.8 Å². The first kappa shape index (κ1) is 29.8. The van der Waals surface area contributed by atoms with Gasteiger partial charge in [0.1, 0.15) is 0 Å². The van der Waals surface area contributed by atoms with Gasteiger partial charge in [0, 0.05) is 34.7 Å². The highest BCUT2D eigenvalue weighted by Crippen LogP contribution is 2.43. The highest BCUT2D eigenvalue weighted by atomic mass is 32.2. The van der Waals surface area contributed by atoms with Crippen molar-refractivity contribution in [1.29, 1.82) is 0 Å². The Morgan fingerprint density at radius 1 is 0.841 bits per heavy atom. The van der Waals surface area contributed by atoms with Crippen LogP contribution in [-0.4, -0.2) is 34.7 Å². The molecule has 44 heavy (non-hydrogen) atoms. The summed E-state index contributed by atoms with van der Waals surface area (Å²) in [7, 11) is 0. The van der Waals surface area contributed by atoms with Gasteiger partial charge in [-0.1, -0.05) is 55.5 Å². The second-order valence-electron chi connectivity index (χ2n) is 10.9. The van der Waals surface area contributed by atoms with Crippen LogP contribution in [0.3, 0.4) is 0 Å². The maximum Gasteiger partial charge on any atom is 0.266 e. The number of thioether (sulfide) groups is 1. The fourth-order valence-corrected chi connectivity index (χ4v) is 6.60. The van der Waals surface area contributed by atoms with E-state index in [1.165, 1.54) is 11.8 Å². The Balaban J connectivity index is 1.23. The number of nitrogens with zero attached hydrogens (tertiary/aromatic N) is 1. The number of carbonyl (C=O) groups is 3. The minimum Gasteiger partial charge on any atom is -0.392 e. The van der Waals surface area contributed by atoms with Crippen molar-refractivity contribution in [2.24, 2.45) is 5.92 Å². The molecule has 4 atom stereocenters. The van der Waals surface area contributed by atoms with Gasteiger partial charge < -0.3 is 19.9 Å². The first-order valence-corrected chi connectivity index (χ1v) is 15.4. The predicted octanol–water partition coefficient (Wildman–Crippen LogP) is 6.52. The fraction of sp³-hybridized carbons (Fsp3) is 0.229. The van der Waals surface area contributed by atoms with E-state index in [9.17, 15) is 19.5 Å². The minimum atomic E-state index is -0.683. The second-order valence-corrected chi connectivity index (χ2v) is 12.0. The maximum atomic E-state index is 13.0. The molecule has 0 saturated carbocycles. The molecule has 2 aliphatic heterocycles. The van der Waals surface area contributed by atoms with Gasteiger partial charge in [-0.2, -0.15) is 0 Å². The highest BCUT2D eigenvalue weighted by molar-refractivity contribution is 7.99. The summed E-state index contributed by atoms with van der Waals surface area (Å²) in [6.07, 6.45) is -1.13. The van der Waals surface area contributed by atoms with Crippen molar-refractivity contribution in [1.82, 2.24) is 0 Å². The maximum absolute atomic E-state index is 13.0. The van der Waals surface area contributed by atoms with E-state index in [1.807, 2.05) is 60.7 Å². The number of aliphatic hydroxyl groups excluding tert-OH is 1. The second kappa shape index (κ2) is 12.8. The van der Waals surface area contributed by atoms with Gasteiger partial charge in [0.05, 0.1) is 35.6 Å². The Morgan fingerprint density at radius 3 is 2.05 bits per heavy atom. The lowest BCUT2D eigenvalue weighted by atomic mass is 9.91. The zero-order valence-electron chi connectivity index (χ0n) is 24.3. The molecule has 224 valence electrons. The summed E-state index contributed by atoms with van der Waals surface area (Å²) in [6, 6.07) is 29.4. The Morgan fingerprint density at radius 2 is 1.45 bits per heavy atom. The van der Waals surface area contributed by atoms with Crippen LogP contribution in [0.25, 0.3) is 0 Å². The molecule has 2 N–H and O–H groups in total. The number of amides is 3. The molecule has 0 radical (unpaired) electrons. The Bertz CT molecular complexity index is 1640. The van der Waals surface area contributed by atoms with E-state index >= 15 is 0 Å². The van der Waals surface area contributed by atoms with Gasteiger partial charge >= 0.3 is 0 Å². The molecule has 0 aromatic heterocycles. The number of imide groups is 1.